The summed E-state index contributed by atoms with van der Waals surface area (Å²) in [4.78, 5) is 4.59. The van der Waals surface area contributed by atoms with E-state index >= 15 is 0 Å². The van der Waals surface area contributed by atoms with Gasteiger partial charge in [0.15, 0.2) is 5.96 Å². The highest BCUT2D eigenvalue weighted by Crippen LogP contribution is 2.16. The van der Waals surface area contributed by atoms with Gasteiger partial charge in [-0.2, -0.15) is 0 Å². The van der Waals surface area contributed by atoms with Gasteiger partial charge in [0.1, 0.15) is 23.9 Å². The van der Waals surface area contributed by atoms with Gasteiger partial charge in [-0.25, -0.2) is 0 Å². The van der Waals surface area contributed by atoms with Crippen molar-refractivity contribution in [3.05, 3.63) is 41.3 Å². The zero-order valence-electron chi connectivity index (χ0n) is 16.0. The normalized spacial score (nSPS) is 11.3. The van der Waals surface area contributed by atoms with Crippen LogP contribution >= 0.6 is 0 Å². The molecule has 0 unspecified atom stereocenters. The van der Waals surface area contributed by atoms with Crippen molar-refractivity contribution in [2.24, 2.45) is 4.99 Å². The van der Waals surface area contributed by atoms with Gasteiger partial charge in [0.2, 0.25) is 0 Å². The summed E-state index contributed by atoms with van der Waals surface area (Å²) in [7, 11) is 1.65. The molecule has 0 aliphatic heterocycles. The van der Waals surface area contributed by atoms with E-state index in [-0.39, 0.29) is 0 Å². The third-order valence-corrected chi connectivity index (χ3v) is 3.88. The van der Waals surface area contributed by atoms with E-state index < -0.39 is 0 Å². The number of methoxy groups -OCH3 is 1. The Kier molecular flexibility index (Phi) is 7.79. The predicted molar refractivity (Wildman–Crippen MR) is 102 cm³/mol. The molecule has 1 aromatic heterocycles. The average Bonchev–Trinajstić information content (AvgIpc) is 2.97. The minimum Gasteiger partial charge on any atom is -0.497 e. The SMILES string of the molecule is CCNC(=NCCc1c(C)noc1C)NCCOc1ccc(OC)cc1. The second-order valence-corrected chi connectivity index (χ2v) is 5.76. The van der Waals surface area contributed by atoms with Crippen molar-refractivity contribution in [2.45, 2.75) is 27.2 Å². The minimum atomic E-state index is 0.542. The summed E-state index contributed by atoms with van der Waals surface area (Å²) >= 11 is 0. The first-order chi connectivity index (χ1) is 12.6. The van der Waals surface area contributed by atoms with Gasteiger partial charge in [0, 0.05) is 18.7 Å². The first-order valence-corrected chi connectivity index (χ1v) is 8.84. The Labute approximate surface area is 154 Å². The summed E-state index contributed by atoms with van der Waals surface area (Å²) in [6.45, 7) is 8.59. The molecule has 0 amide bonds. The van der Waals surface area contributed by atoms with Crippen molar-refractivity contribution in [1.29, 1.82) is 0 Å². The third-order valence-electron chi connectivity index (χ3n) is 3.88. The largest absolute Gasteiger partial charge is 0.497 e. The molecule has 0 aliphatic carbocycles. The molecule has 2 aromatic rings. The molecule has 0 fully saturated rings. The number of hydrogen-bond acceptors (Lipinski definition) is 5. The fraction of sp³-hybridized carbons (Fsp3) is 0.474. The van der Waals surface area contributed by atoms with E-state index in [9.17, 15) is 0 Å². The number of guanidine groups is 1. The molecule has 0 radical (unpaired) electrons. The lowest BCUT2D eigenvalue weighted by molar-refractivity contribution is 0.321. The van der Waals surface area contributed by atoms with Gasteiger partial charge in [-0.05, 0) is 51.5 Å². The number of benzene rings is 1. The van der Waals surface area contributed by atoms with Crippen molar-refractivity contribution in [3.63, 3.8) is 0 Å². The lowest BCUT2D eigenvalue weighted by atomic mass is 10.1. The van der Waals surface area contributed by atoms with Gasteiger partial charge in [-0.3, -0.25) is 4.99 Å². The van der Waals surface area contributed by atoms with Gasteiger partial charge in [-0.15, -0.1) is 0 Å². The summed E-state index contributed by atoms with van der Waals surface area (Å²) in [5, 5.41) is 10.5. The van der Waals surface area contributed by atoms with Gasteiger partial charge in [0.25, 0.3) is 0 Å². The molecule has 7 heteroatoms. The molecule has 1 heterocycles. The topological polar surface area (TPSA) is 80.9 Å². The van der Waals surface area contributed by atoms with Crippen LogP contribution in [0, 0.1) is 13.8 Å². The highest BCUT2D eigenvalue weighted by atomic mass is 16.5. The maximum atomic E-state index is 5.71. The molecule has 0 saturated carbocycles. The average molecular weight is 360 g/mol. The molecule has 0 saturated heterocycles. The van der Waals surface area contributed by atoms with Crippen LogP contribution < -0.4 is 20.1 Å². The summed E-state index contributed by atoms with van der Waals surface area (Å²) in [5.41, 5.74) is 2.07. The van der Waals surface area contributed by atoms with Crippen LogP contribution in [0.1, 0.15) is 23.9 Å². The maximum absolute atomic E-state index is 5.71. The summed E-state index contributed by atoms with van der Waals surface area (Å²) in [6, 6.07) is 7.54. The quantitative estimate of drug-likeness (QED) is 0.406. The standard InChI is InChI=1S/C19H28N4O3/c1-5-20-19(21-11-10-18-14(2)23-26-15(18)3)22-12-13-25-17-8-6-16(24-4)7-9-17/h6-9H,5,10-13H2,1-4H3,(H2,20,21,22). The summed E-state index contributed by atoms with van der Waals surface area (Å²) < 4.78 is 16.0. The number of aromatic nitrogens is 1. The number of aryl methyl sites for hydroxylation is 2. The van der Waals surface area contributed by atoms with Crippen LogP contribution in [0.3, 0.4) is 0 Å². The van der Waals surface area contributed by atoms with E-state index in [4.69, 9.17) is 14.0 Å². The Bertz CT molecular complexity index is 676. The molecule has 142 valence electrons. The zero-order valence-corrected chi connectivity index (χ0v) is 16.0. The molecule has 0 atom stereocenters. The minimum absolute atomic E-state index is 0.542. The predicted octanol–water partition coefficient (Wildman–Crippen LogP) is 2.48. The third kappa shape index (κ3) is 5.98. The van der Waals surface area contributed by atoms with Gasteiger partial charge in [0.05, 0.1) is 19.3 Å². The summed E-state index contributed by atoms with van der Waals surface area (Å²) in [6.07, 6.45) is 0.806. The molecular formula is C19H28N4O3. The van der Waals surface area contributed by atoms with E-state index in [1.54, 1.807) is 7.11 Å². The molecule has 0 bridgehead atoms. The molecule has 0 spiro atoms. The molecule has 7 nitrogen and oxygen atoms in total. The fourth-order valence-electron chi connectivity index (χ4n) is 2.49. The van der Waals surface area contributed by atoms with E-state index in [0.717, 1.165) is 47.4 Å². The number of nitrogens with one attached hydrogen (secondary N) is 2. The van der Waals surface area contributed by atoms with Crippen molar-refractivity contribution in [3.8, 4) is 11.5 Å². The Morgan fingerprint density at radius 3 is 2.50 bits per heavy atom. The lowest BCUT2D eigenvalue weighted by Gasteiger charge is -2.12. The maximum Gasteiger partial charge on any atom is 0.191 e. The molecule has 2 rings (SSSR count). The van der Waals surface area contributed by atoms with E-state index in [0.29, 0.717) is 19.7 Å². The number of ether oxygens (including phenoxy) is 2. The van der Waals surface area contributed by atoms with Crippen molar-refractivity contribution in [1.82, 2.24) is 15.8 Å². The fourth-order valence-corrected chi connectivity index (χ4v) is 2.49. The summed E-state index contributed by atoms with van der Waals surface area (Å²) in [5.74, 6) is 3.27. The van der Waals surface area contributed by atoms with Gasteiger partial charge < -0.3 is 24.6 Å². The van der Waals surface area contributed by atoms with Crippen molar-refractivity contribution >= 4 is 5.96 Å². The van der Waals surface area contributed by atoms with Crippen LogP contribution in [0.25, 0.3) is 0 Å². The molecule has 26 heavy (non-hydrogen) atoms. The van der Waals surface area contributed by atoms with Crippen molar-refractivity contribution < 1.29 is 14.0 Å². The van der Waals surface area contributed by atoms with Crippen LogP contribution in [-0.4, -0.2) is 44.5 Å². The first kappa shape index (κ1) is 19.6. The Hall–Kier alpha value is -2.70. The highest BCUT2D eigenvalue weighted by molar-refractivity contribution is 5.79. The van der Waals surface area contributed by atoms with Crippen LogP contribution in [0.2, 0.25) is 0 Å². The number of hydrogen-bond donors (Lipinski definition) is 2. The zero-order chi connectivity index (χ0) is 18.8. The molecule has 2 N–H and O–H groups in total. The second-order valence-electron chi connectivity index (χ2n) is 5.76. The number of rotatable bonds is 9. The van der Waals surface area contributed by atoms with E-state index in [1.165, 1.54) is 0 Å². The molecule has 1 aromatic carbocycles. The highest BCUT2D eigenvalue weighted by Gasteiger charge is 2.08. The smallest absolute Gasteiger partial charge is 0.191 e. The molecular weight excluding hydrogens is 332 g/mol. The number of aliphatic imine (C=N–C) groups is 1. The Morgan fingerprint density at radius 2 is 1.88 bits per heavy atom. The monoisotopic (exact) mass is 360 g/mol. The second kappa shape index (κ2) is 10.3. The van der Waals surface area contributed by atoms with E-state index in [2.05, 4.69) is 20.8 Å². The van der Waals surface area contributed by atoms with Crippen LogP contribution in [0.15, 0.2) is 33.8 Å². The molecule has 0 aliphatic rings. The van der Waals surface area contributed by atoms with Crippen LogP contribution in [0.5, 0.6) is 11.5 Å². The van der Waals surface area contributed by atoms with Crippen LogP contribution in [0.4, 0.5) is 0 Å². The van der Waals surface area contributed by atoms with Crippen LogP contribution in [-0.2, 0) is 6.42 Å². The van der Waals surface area contributed by atoms with E-state index in [1.807, 2.05) is 45.0 Å². The van der Waals surface area contributed by atoms with Gasteiger partial charge >= 0.3 is 0 Å². The van der Waals surface area contributed by atoms with Gasteiger partial charge in [-0.1, -0.05) is 5.16 Å². The lowest BCUT2D eigenvalue weighted by Crippen LogP contribution is -2.39. The number of nitrogens with zero attached hydrogens (tertiary/aromatic N) is 2. The first-order valence-electron chi connectivity index (χ1n) is 8.84. The Balaban J connectivity index is 1.75. The van der Waals surface area contributed by atoms with Crippen molar-refractivity contribution in [2.75, 3.05) is 33.4 Å². The Morgan fingerprint density at radius 1 is 1.15 bits per heavy atom.